The van der Waals surface area contributed by atoms with Gasteiger partial charge in [0.25, 0.3) is 0 Å². The molecule has 0 saturated carbocycles. The molecule has 0 unspecified atom stereocenters. The number of rotatable bonds is 6. The van der Waals surface area contributed by atoms with Gasteiger partial charge < -0.3 is 19.5 Å². The molecule has 0 amide bonds. The van der Waals surface area contributed by atoms with Gasteiger partial charge in [-0.3, -0.25) is 9.69 Å². The van der Waals surface area contributed by atoms with E-state index in [9.17, 15) is 4.79 Å². The van der Waals surface area contributed by atoms with Crippen LogP contribution >= 0.6 is 0 Å². The number of nitrogens with one attached hydrogen (secondary N) is 1. The SMILES string of the molecule is C.CC(=O)OC1CC(C)(C)N(C)C(C)(C)C1.COCCCOC1CC(C)(C)NC(C)(C)C1. The van der Waals surface area contributed by atoms with E-state index in [1.807, 2.05) is 0 Å². The van der Waals surface area contributed by atoms with Crippen LogP contribution in [-0.2, 0) is 19.0 Å². The molecule has 192 valence electrons. The van der Waals surface area contributed by atoms with Gasteiger partial charge in [0.1, 0.15) is 6.10 Å². The summed E-state index contributed by atoms with van der Waals surface area (Å²) in [4.78, 5) is 13.4. The summed E-state index contributed by atoms with van der Waals surface area (Å²) < 4.78 is 16.3. The average Bonchev–Trinajstić information content (AvgIpc) is 2.53. The fraction of sp³-hybridized carbons (Fsp3) is 0.962. The molecule has 0 aliphatic carbocycles. The van der Waals surface area contributed by atoms with Crippen LogP contribution < -0.4 is 5.32 Å². The third kappa shape index (κ3) is 10.5. The maximum atomic E-state index is 11.0. The van der Waals surface area contributed by atoms with Gasteiger partial charge in [0, 0.05) is 62.2 Å². The van der Waals surface area contributed by atoms with E-state index >= 15 is 0 Å². The molecule has 2 aliphatic heterocycles. The van der Waals surface area contributed by atoms with Crippen molar-refractivity contribution in [3.8, 4) is 0 Å². The summed E-state index contributed by atoms with van der Waals surface area (Å²) in [6, 6.07) is 0. The monoisotopic (exact) mass is 458 g/mol. The van der Waals surface area contributed by atoms with Crippen molar-refractivity contribution in [2.75, 3.05) is 27.4 Å². The molecule has 32 heavy (non-hydrogen) atoms. The van der Waals surface area contributed by atoms with Gasteiger partial charge in [-0.1, -0.05) is 7.43 Å². The second-order valence-corrected chi connectivity index (χ2v) is 12.0. The molecule has 0 aromatic rings. The molecule has 0 aromatic carbocycles. The summed E-state index contributed by atoms with van der Waals surface area (Å²) >= 11 is 0. The predicted molar refractivity (Wildman–Crippen MR) is 134 cm³/mol. The van der Waals surface area contributed by atoms with Crippen molar-refractivity contribution in [1.82, 2.24) is 10.2 Å². The molecule has 0 bridgehead atoms. The van der Waals surface area contributed by atoms with E-state index < -0.39 is 0 Å². The number of methoxy groups -OCH3 is 1. The Morgan fingerprint density at radius 3 is 1.75 bits per heavy atom. The highest BCUT2D eigenvalue weighted by Gasteiger charge is 2.44. The normalized spacial score (nSPS) is 24.6. The van der Waals surface area contributed by atoms with Gasteiger partial charge in [0.05, 0.1) is 6.10 Å². The molecule has 6 nitrogen and oxygen atoms in total. The van der Waals surface area contributed by atoms with E-state index in [1.165, 1.54) is 6.92 Å². The molecule has 0 atom stereocenters. The third-order valence-corrected chi connectivity index (χ3v) is 6.60. The van der Waals surface area contributed by atoms with Gasteiger partial charge in [-0.15, -0.1) is 0 Å². The molecular weight excluding hydrogens is 404 g/mol. The molecule has 0 spiro atoms. The number of hydrogen-bond donors (Lipinski definition) is 1. The highest BCUT2D eigenvalue weighted by molar-refractivity contribution is 5.66. The average molecular weight is 459 g/mol. The first-order valence-electron chi connectivity index (χ1n) is 11.8. The number of carbonyl (C=O) groups excluding carboxylic acids is 1. The van der Waals surface area contributed by atoms with Crippen LogP contribution in [0.2, 0.25) is 0 Å². The minimum atomic E-state index is -0.170. The lowest BCUT2D eigenvalue weighted by atomic mass is 9.79. The van der Waals surface area contributed by atoms with Crippen molar-refractivity contribution in [3.05, 3.63) is 0 Å². The van der Waals surface area contributed by atoms with Crippen LogP contribution in [0.5, 0.6) is 0 Å². The topological polar surface area (TPSA) is 60.0 Å². The summed E-state index contributed by atoms with van der Waals surface area (Å²) in [5.74, 6) is -0.170. The van der Waals surface area contributed by atoms with Crippen molar-refractivity contribution in [2.45, 2.75) is 136 Å². The lowest BCUT2D eigenvalue weighted by Crippen LogP contribution is -2.60. The molecule has 0 radical (unpaired) electrons. The Morgan fingerprint density at radius 1 is 0.875 bits per heavy atom. The van der Waals surface area contributed by atoms with Crippen molar-refractivity contribution in [2.24, 2.45) is 0 Å². The maximum Gasteiger partial charge on any atom is 0.302 e. The number of esters is 1. The maximum absolute atomic E-state index is 11.0. The van der Waals surface area contributed by atoms with E-state index in [0.717, 1.165) is 45.3 Å². The molecule has 2 aliphatic rings. The van der Waals surface area contributed by atoms with Crippen LogP contribution in [0.25, 0.3) is 0 Å². The van der Waals surface area contributed by atoms with E-state index in [1.54, 1.807) is 7.11 Å². The minimum Gasteiger partial charge on any atom is -0.462 e. The van der Waals surface area contributed by atoms with Crippen molar-refractivity contribution >= 4 is 5.97 Å². The summed E-state index contributed by atoms with van der Waals surface area (Å²) in [7, 11) is 3.88. The number of ether oxygens (including phenoxy) is 3. The van der Waals surface area contributed by atoms with Gasteiger partial charge in [-0.2, -0.15) is 0 Å². The molecule has 2 saturated heterocycles. The third-order valence-electron chi connectivity index (χ3n) is 6.60. The highest BCUT2D eigenvalue weighted by Crippen LogP contribution is 2.38. The summed E-state index contributed by atoms with van der Waals surface area (Å²) in [5.41, 5.74) is 0.519. The Balaban J connectivity index is 0.000000584. The molecule has 2 rings (SSSR count). The fourth-order valence-corrected chi connectivity index (χ4v) is 5.40. The van der Waals surface area contributed by atoms with Crippen LogP contribution in [-0.4, -0.2) is 72.6 Å². The Bertz CT molecular complexity index is 538. The Labute approximate surface area is 199 Å². The predicted octanol–water partition coefficient (Wildman–Crippen LogP) is 5.19. The van der Waals surface area contributed by atoms with Gasteiger partial charge in [0.15, 0.2) is 0 Å². The molecule has 6 heteroatoms. The number of likely N-dealkylation sites (tertiary alicyclic amines) is 1. The van der Waals surface area contributed by atoms with Crippen molar-refractivity contribution < 1.29 is 19.0 Å². The summed E-state index contributed by atoms with van der Waals surface area (Å²) in [6.45, 7) is 20.9. The molecule has 2 heterocycles. The van der Waals surface area contributed by atoms with E-state index in [0.29, 0.717) is 6.10 Å². The zero-order valence-electron chi connectivity index (χ0n) is 22.2. The first-order valence-corrected chi connectivity index (χ1v) is 11.8. The number of carbonyl (C=O) groups is 1. The lowest BCUT2D eigenvalue weighted by Gasteiger charge is -2.53. The van der Waals surface area contributed by atoms with Crippen LogP contribution in [0.4, 0.5) is 0 Å². The van der Waals surface area contributed by atoms with Crippen molar-refractivity contribution in [1.29, 1.82) is 0 Å². The van der Waals surface area contributed by atoms with E-state index in [2.05, 4.69) is 72.7 Å². The zero-order chi connectivity index (χ0) is 24.1. The molecular formula is C26H54N2O4. The van der Waals surface area contributed by atoms with E-state index in [4.69, 9.17) is 14.2 Å². The largest absolute Gasteiger partial charge is 0.462 e. The summed E-state index contributed by atoms with van der Waals surface area (Å²) in [5, 5.41) is 3.66. The molecule has 1 N–H and O–H groups in total. The van der Waals surface area contributed by atoms with Crippen molar-refractivity contribution in [3.63, 3.8) is 0 Å². The van der Waals surface area contributed by atoms with Gasteiger partial charge in [-0.05, 0) is 81.7 Å². The van der Waals surface area contributed by atoms with Gasteiger partial charge >= 0.3 is 5.97 Å². The molecule has 2 fully saturated rings. The quantitative estimate of drug-likeness (QED) is 0.437. The fourth-order valence-electron chi connectivity index (χ4n) is 5.40. The Morgan fingerprint density at radius 2 is 1.34 bits per heavy atom. The Kier molecular flexibility index (Phi) is 11.9. The number of hydrogen-bond acceptors (Lipinski definition) is 6. The van der Waals surface area contributed by atoms with Crippen LogP contribution in [0.3, 0.4) is 0 Å². The van der Waals surface area contributed by atoms with Crippen LogP contribution in [0.15, 0.2) is 0 Å². The number of nitrogens with zero attached hydrogens (tertiary/aromatic N) is 1. The molecule has 0 aromatic heterocycles. The first-order chi connectivity index (χ1) is 14.0. The smallest absolute Gasteiger partial charge is 0.302 e. The highest BCUT2D eigenvalue weighted by atomic mass is 16.5. The first kappa shape index (κ1) is 31.3. The standard InChI is InChI=1S/C13H27NO2.C12H23NO2.CH4/c1-12(2)9-11(10-13(3,4)14-12)16-8-6-7-15-5;1-9(14)15-10-7-11(2,3)13(6)12(4,5)8-10;/h11,14H,6-10H2,1-5H3;10H,7-8H2,1-6H3;1H4. The number of piperidine rings is 2. The second kappa shape index (κ2) is 12.1. The van der Waals surface area contributed by atoms with Gasteiger partial charge in [0.2, 0.25) is 0 Å². The van der Waals surface area contributed by atoms with Crippen LogP contribution in [0.1, 0.15) is 102 Å². The lowest BCUT2D eigenvalue weighted by molar-refractivity contribution is -0.156. The summed E-state index contributed by atoms with van der Waals surface area (Å²) in [6.07, 6.45) is 5.42. The van der Waals surface area contributed by atoms with Gasteiger partial charge in [-0.25, -0.2) is 0 Å². The second-order valence-electron chi connectivity index (χ2n) is 12.0. The van der Waals surface area contributed by atoms with E-state index in [-0.39, 0.29) is 41.7 Å². The van der Waals surface area contributed by atoms with Crippen LogP contribution in [0, 0.1) is 0 Å². The Hall–Kier alpha value is -0.690. The zero-order valence-corrected chi connectivity index (χ0v) is 22.2. The minimum absolute atomic E-state index is 0.